The van der Waals surface area contributed by atoms with Crippen LogP contribution in [0.4, 0.5) is 17.1 Å². The van der Waals surface area contributed by atoms with Gasteiger partial charge in [0.25, 0.3) is 5.69 Å². The number of nitro groups is 1. The molecule has 1 fully saturated rings. The SMILES string of the molecule is Cc1cc2c(cc1C)N[C@H](c1ccc([N+](=O)[O-])cc1)C1C(=O)CC(C)(C)CC1=N2. The maximum Gasteiger partial charge on any atom is 0.269 e. The van der Waals surface area contributed by atoms with E-state index in [1.807, 2.05) is 0 Å². The number of nitrogens with zero attached hydrogens (tertiary/aromatic N) is 2. The summed E-state index contributed by atoms with van der Waals surface area (Å²) >= 11 is 0. The maximum absolute atomic E-state index is 13.2. The molecule has 150 valence electrons. The summed E-state index contributed by atoms with van der Waals surface area (Å²) in [6.07, 6.45) is 1.25. The van der Waals surface area contributed by atoms with E-state index in [1.54, 1.807) is 12.1 Å². The first-order valence-corrected chi connectivity index (χ1v) is 9.87. The van der Waals surface area contributed by atoms with E-state index in [4.69, 9.17) is 4.99 Å². The number of nitrogens with one attached hydrogen (secondary N) is 1. The molecule has 0 saturated heterocycles. The Morgan fingerprint density at radius 1 is 1.10 bits per heavy atom. The number of carbonyl (C=O) groups is 1. The summed E-state index contributed by atoms with van der Waals surface area (Å²) in [4.78, 5) is 28.8. The fraction of sp³-hybridized carbons (Fsp3) is 0.391. The molecular weight excluding hydrogens is 366 g/mol. The van der Waals surface area contributed by atoms with Gasteiger partial charge < -0.3 is 5.32 Å². The monoisotopic (exact) mass is 391 g/mol. The Morgan fingerprint density at radius 2 is 1.76 bits per heavy atom. The normalized spacial score (nSPS) is 22.6. The van der Waals surface area contributed by atoms with Crippen LogP contribution in [0, 0.1) is 35.3 Å². The van der Waals surface area contributed by atoms with Gasteiger partial charge in [-0.1, -0.05) is 26.0 Å². The number of hydrogen-bond acceptors (Lipinski definition) is 5. The standard InChI is InChI=1S/C23H25N3O3/c1-13-9-17-18(10-14(13)2)25-22(15-5-7-16(8-6-15)26(28)29)21-19(24-17)11-23(3,4)12-20(21)27/h5-10,21-22,25H,11-12H2,1-4H3/t21?,22-/m1/s1. The Labute approximate surface area is 170 Å². The first-order chi connectivity index (χ1) is 13.6. The molecule has 2 aliphatic rings. The lowest BCUT2D eigenvalue weighted by Crippen LogP contribution is -2.42. The number of carbonyl (C=O) groups excluding carboxylic acids is 1. The van der Waals surface area contributed by atoms with Crippen molar-refractivity contribution in [1.82, 2.24) is 0 Å². The Morgan fingerprint density at radius 3 is 2.41 bits per heavy atom. The number of aryl methyl sites for hydroxylation is 2. The molecule has 2 aromatic rings. The van der Waals surface area contributed by atoms with Crippen LogP contribution >= 0.6 is 0 Å². The molecule has 6 heteroatoms. The molecule has 1 aliphatic carbocycles. The van der Waals surface area contributed by atoms with Gasteiger partial charge in [0.2, 0.25) is 0 Å². The van der Waals surface area contributed by atoms with E-state index in [2.05, 4.69) is 45.1 Å². The van der Waals surface area contributed by atoms with Crippen LogP contribution in [-0.4, -0.2) is 16.4 Å². The Balaban J connectivity index is 1.86. The highest BCUT2D eigenvalue weighted by atomic mass is 16.6. The summed E-state index contributed by atoms with van der Waals surface area (Å²) in [5.41, 5.74) is 5.70. The van der Waals surface area contributed by atoms with Crippen LogP contribution < -0.4 is 5.32 Å². The van der Waals surface area contributed by atoms with Crippen molar-refractivity contribution >= 4 is 28.6 Å². The number of hydrogen-bond donors (Lipinski definition) is 1. The van der Waals surface area contributed by atoms with Crippen molar-refractivity contribution in [3.8, 4) is 0 Å². The third-order valence-electron chi connectivity index (χ3n) is 6.00. The number of nitro benzene ring substituents is 1. The molecule has 1 heterocycles. The van der Waals surface area contributed by atoms with Crippen LogP contribution in [0.25, 0.3) is 0 Å². The molecule has 0 spiro atoms. The molecule has 0 bridgehead atoms. The van der Waals surface area contributed by atoms with Gasteiger partial charge in [-0.15, -0.1) is 0 Å². The van der Waals surface area contributed by atoms with Gasteiger partial charge in [0.05, 0.1) is 28.3 Å². The molecule has 29 heavy (non-hydrogen) atoms. The van der Waals surface area contributed by atoms with E-state index in [1.165, 1.54) is 12.1 Å². The molecule has 1 saturated carbocycles. The average Bonchev–Trinajstić information content (AvgIpc) is 2.78. The van der Waals surface area contributed by atoms with Crippen molar-refractivity contribution in [3.05, 3.63) is 63.2 Å². The van der Waals surface area contributed by atoms with Gasteiger partial charge in [-0.05, 0) is 54.5 Å². The van der Waals surface area contributed by atoms with Gasteiger partial charge in [0.1, 0.15) is 5.78 Å². The van der Waals surface area contributed by atoms with Crippen molar-refractivity contribution in [2.24, 2.45) is 16.3 Å². The first kappa shape index (κ1) is 19.3. The lowest BCUT2D eigenvalue weighted by atomic mass is 9.68. The van der Waals surface area contributed by atoms with Gasteiger partial charge in [-0.25, -0.2) is 0 Å². The summed E-state index contributed by atoms with van der Waals surface area (Å²) < 4.78 is 0. The predicted octanol–water partition coefficient (Wildman–Crippen LogP) is 5.46. The number of rotatable bonds is 2. The zero-order valence-corrected chi connectivity index (χ0v) is 17.2. The Hall–Kier alpha value is -3.02. The fourth-order valence-electron chi connectivity index (χ4n) is 4.41. The number of aliphatic imine (C=N–C) groups is 1. The Kier molecular flexibility index (Phi) is 4.52. The molecular formula is C23H25N3O3. The van der Waals surface area contributed by atoms with Crippen LogP contribution in [0.3, 0.4) is 0 Å². The quantitative estimate of drug-likeness (QED) is 0.544. The van der Waals surface area contributed by atoms with Crippen LogP contribution in [-0.2, 0) is 4.79 Å². The fourth-order valence-corrected chi connectivity index (χ4v) is 4.41. The van der Waals surface area contributed by atoms with Crippen LogP contribution in [0.15, 0.2) is 41.4 Å². The van der Waals surface area contributed by atoms with Crippen LogP contribution in [0.5, 0.6) is 0 Å². The van der Waals surface area contributed by atoms with Crippen molar-refractivity contribution in [3.63, 3.8) is 0 Å². The van der Waals surface area contributed by atoms with Gasteiger partial charge in [-0.3, -0.25) is 19.9 Å². The molecule has 0 amide bonds. The molecule has 4 rings (SSSR count). The zero-order valence-electron chi connectivity index (χ0n) is 17.2. The highest BCUT2D eigenvalue weighted by Gasteiger charge is 2.44. The minimum absolute atomic E-state index is 0.0410. The number of non-ortho nitro benzene ring substituents is 1. The number of Topliss-reactive ketones (excluding diaryl/α,β-unsaturated/α-hetero) is 1. The number of fused-ring (bicyclic) bond motifs is 2. The van der Waals surface area contributed by atoms with E-state index >= 15 is 0 Å². The second-order valence-electron chi connectivity index (χ2n) is 8.99. The third kappa shape index (κ3) is 3.55. The molecule has 2 atom stereocenters. The lowest BCUT2D eigenvalue weighted by molar-refractivity contribution is -0.384. The largest absolute Gasteiger partial charge is 0.375 e. The van der Waals surface area contributed by atoms with E-state index in [0.717, 1.165) is 40.2 Å². The topological polar surface area (TPSA) is 84.6 Å². The average molecular weight is 391 g/mol. The molecule has 0 aromatic heterocycles. The van der Waals surface area contributed by atoms with E-state index in [-0.39, 0.29) is 28.8 Å². The minimum atomic E-state index is -0.410. The predicted molar refractivity (Wildman–Crippen MR) is 114 cm³/mol. The molecule has 2 aromatic carbocycles. The molecule has 1 unspecified atom stereocenters. The molecule has 1 aliphatic heterocycles. The van der Waals surface area contributed by atoms with E-state index < -0.39 is 4.92 Å². The number of ketones is 1. The smallest absolute Gasteiger partial charge is 0.269 e. The molecule has 1 N–H and O–H groups in total. The van der Waals surface area contributed by atoms with Crippen LogP contribution in [0.1, 0.15) is 49.4 Å². The van der Waals surface area contributed by atoms with Crippen LogP contribution in [0.2, 0.25) is 0 Å². The second kappa shape index (κ2) is 6.79. The minimum Gasteiger partial charge on any atom is -0.375 e. The summed E-state index contributed by atoms with van der Waals surface area (Å²) in [5.74, 6) is -0.213. The van der Waals surface area contributed by atoms with Gasteiger partial charge >= 0.3 is 0 Å². The van der Waals surface area contributed by atoms with Crippen molar-refractivity contribution in [2.45, 2.75) is 46.6 Å². The van der Waals surface area contributed by atoms with Crippen molar-refractivity contribution in [2.75, 3.05) is 5.32 Å². The second-order valence-corrected chi connectivity index (χ2v) is 8.99. The van der Waals surface area contributed by atoms with E-state index in [9.17, 15) is 14.9 Å². The first-order valence-electron chi connectivity index (χ1n) is 9.87. The summed E-state index contributed by atoms with van der Waals surface area (Å²) in [6, 6.07) is 10.3. The summed E-state index contributed by atoms with van der Waals surface area (Å²) in [7, 11) is 0. The van der Waals surface area contributed by atoms with E-state index in [0.29, 0.717) is 6.42 Å². The molecule has 0 radical (unpaired) electrons. The number of benzene rings is 2. The zero-order chi connectivity index (χ0) is 20.9. The summed E-state index contributed by atoms with van der Waals surface area (Å²) in [5, 5.41) is 14.6. The highest BCUT2D eigenvalue weighted by Crippen LogP contribution is 2.45. The lowest BCUT2D eigenvalue weighted by Gasteiger charge is -2.37. The summed E-state index contributed by atoms with van der Waals surface area (Å²) in [6.45, 7) is 8.31. The van der Waals surface area contributed by atoms with Crippen molar-refractivity contribution < 1.29 is 9.72 Å². The highest BCUT2D eigenvalue weighted by molar-refractivity contribution is 6.10. The third-order valence-corrected chi connectivity index (χ3v) is 6.00. The van der Waals surface area contributed by atoms with Gasteiger partial charge in [-0.2, -0.15) is 0 Å². The molecule has 6 nitrogen and oxygen atoms in total. The number of anilines is 1. The van der Waals surface area contributed by atoms with Gasteiger partial charge in [0.15, 0.2) is 0 Å². The van der Waals surface area contributed by atoms with Crippen molar-refractivity contribution in [1.29, 1.82) is 0 Å². The maximum atomic E-state index is 13.2. The Bertz CT molecular complexity index is 1040. The van der Waals surface area contributed by atoms with Gasteiger partial charge in [0, 0.05) is 24.3 Å².